The van der Waals surface area contributed by atoms with Crippen LogP contribution in [0.25, 0.3) is 0 Å². The minimum atomic E-state index is -1.25. The largest absolute Gasteiger partial charge is 0.381 e. The first-order valence-electron chi connectivity index (χ1n) is 6.97. The standard InChI is InChI=1S/C16H22O3S/c1-16(2,3)13-4-6-14(7-5-13)20(18)11-15(17)12-8-9-19-10-12/h4-7,12H,8-11H2,1-3H3. The van der Waals surface area contributed by atoms with Gasteiger partial charge in [-0.15, -0.1) is 0 Å². The van der Waals surface area contributed by atoms with Crippen LogP contribution in [0.2, 0.25) is 0 Å². The number of hydrogen-bond acceptors (Lipinski definition) is 3. The zero-order chi connectivity index (χ0) is 14.8. The summed E-state index contributed by atoms with van der Waals surface area (Å²) in [6.07, 6.45) is 0.763. The fraction of sp³-hybridized carbons (Fsp3) is 0.562. The van der Waals surface area contributed by atoms with E-state index in [2.05, 4.69) is 20.8 Å². The molecule has 0 amide bonds. The highest BCUT2D eigenvalue weighted by molar-refractivity contribution is 7.85. The highest BCUT2D eigenvalue weighted by Crippen LogP contribution is 2.23. The molecule has 0 radical (unpaired) electrons. The van der Waals surface area contributed by atoms with Crippen molar-refractivity contribution in [2.75, 3.05) is 19.0 Å². The van der Waals surface area contributed by atoms with Crippen molar-refractivity contribution in [1.29, 1.82) is 0 Å². The second-order valence-electron chi connectivity index (χ2n) is 6.29. The topological polar surface area (TPSA) is 43.4 Å². The van der Waals surface area contributed by atoms with Crippen molar-refractivity contribution >= 4 is 16.6 Å². The van der Waals surface area contributed by atoms with Crippen LogP contribution in [0.4, 0.5) is 0 Å². The molecule has 2 atom stereocenters. The summed E-state index contributed by atoms with van der Waals surface area (Å²) in [5.74, 6) is 0.0941. The van der Waals surface area contributed by atoms with Crippen molar-refractivity contribution in [3.05, 3.63) is 29.8 Å². The number of ketones is 1. The minimum Gasteiger partial charge on any atom is -0.381 e. The molecule has 0 spiro atoms. The molecule has 0 aliphatic carbocycles. The van der Waals surface area contributed by atoms with Gasteiger partial charge in [-0.2, -0.15) is 0 Å². The maximum atomic E-state index is 12.2. The maximum absolute atomic E-state index is 12.2. The maximum Gasteiger partial charge on any atom is 0.151 e. The van der Waals surface area contributed by atoms with Gasteiger partial charge in [0.05, 0.1) is 23.2 Å². The summed E-state index contributed by atoms with van der Waals surface area (Å²) in [5, 5.41) is 0. The molecule has 0 saturated carbocycles. The number of hydrogen-bond donors (Lipinski definition) is 0. The average Bonchev–Trinajstić information content (AvgIpc) is 2.91. The molecular weight excluding hydrogens is 272 g/mol. The zero-order valence-corrected chi connectivity index (χ0v) is 13.2. The molecule has 0 aromatic heterocycles. The lowest BCUT2D eigenvalue weighted by molar-refractivity contribution is -0.120. The monoisotopic (exact) mass is 294 g/mol. The number of Topliss-reactive ketones (excluding diaryl/α,β-unsaturated/α-hetero) is 1. The van der Waals surface area contributed by atoms with Gasteiger partial charge in [-0.3, -0.25) is 9.00 Å². The number of benzene rings is 1. The molecule has 0 N–H and O–H groups in total. The molecule has 1 aliphatic heterocycles. The second-order valence-corrected chi connectivity index (χ2v) is 7.74. The Morgan fingerprint density at radius 3 is 2.45 bits per heavy atom. The normalized spacial score (nSPS) is 20.9. The molecule has 1 aromatic rings. The first kappa shape index (κ1) is 15.4. The molecule has 1 fully saturated rings. The highest BCUT2D eigenvalue weighted by atomic mass is 32.2. The summed E-state index contributed by atoms with van der Waals surface area (Å²) in [7, 11) is -1.25. The summed E-state index contributed by atoms with van der Waals surface area (Å²) < 4.78 is 17.4. The van der Waals surface area contributed by atoms with Crippen molar-refractivity contribution in [3.63, 3.8) is 0 Å². The van der Waals surface area contributed by atoms with E-state index < -0.39 is 10.8 Å². The molecule has 20 heavy (non-hydrogen) atoms. The third-order valence-electron chi connectivity index (χ3n) is 3.64. The fourth-order valence-electron chi connectivity index (χ4n) is 2.23. The molecule has 3 nitrogen and oxygen atoms in total. The van der Waals surface area contributed by atoms with E-state index in [-0.39, 0.29) is 22.9 Å². The van der Waals surface area contributed by atoms with Crippen LogP contribution in [-0.4, -0.2) is 29.0 Å². The van der Waals surface area contributed by atoms with E-state index in [0.717, 1.165) is 11.3 Å². The van der Waals surface area contributed by atoms with E-state index in [1.165, 1.54) is 5.56 Å². The Kier molecular flexibility index (Phi) is 4.76. The lowest BCUT2D eigenvalue weighted by Crippen LogP contribution is -2.21. The predicted octanol–water partition coefficient (Wildman–Crippen LogP) is 2.70. The van der Waals surface area contributed by atoms with E-state index in [0.29, 0.717) is 13.2 Å². The lowest BCUT2D eigenvalue weighted by Gasteiger charge is -2.19. The van der Waals surface area contributed by atoms with Crippen LogP contribution in [0.5, 0.6) is 0 Å². The van der Waals surface area contributed by atoms with E-state index in [9.17, 15) is 9.00 Å². The van der Waals surface area contributed by atoms with E-state index in [1.54, 1.807) is 0 Å². The van der Waals surface area contributed by atoms with E-state index >= 15 is 0 Å². The molecule has 1 saturated heterocycles. The highest BCUT2D eigenvalue weighted by Gasteiger charge is 2.25. The van der Waals surface area contributed by atoms with Crippen LogP contribution in [0, 0.1) is 5.92 Å². The summed E-state index contributed by atoms with van der Waals surface area (Å²) in [4.78, 5) is 12.7. The Labute approximate surface area is 123 Å². The van der Waals surface area contributed by atoms with Crippen molar-refractivity contribution in [3.8, 4) is 0 Å². The molecule has 1 heterocycles. The van der Waals surface area contributed by atoms with E-state index in [4.69, 9.17) is 4.74 Å². The zero-order valence-electron chi connectivity index (χ0n) is 12.3. The third-order valence-corrected chi connectivity index (χ3v) is 4.99. The third kappa shape index (κ3) is 3.76. The van der Waals surface area contributed by atoms with Gasteiger partial charge in [-0.1, -0.05) is 32.9 Å². The Bertz CT molecular complexity index is 493. The van der Waals surface area contributed by atoms with Gasteiger partial charge in [0.2, 0.25) is 0 Å². The second kappa shape index (κ2) is 6.19. The van der Waals surface area contributed by atoms with Gasteiger partial charge in [0.25, 0.3) is 0 Å². The van der Waals surface area contributed by atoms with Crippen LogP contribution in [0.15, 0.2) is 29.2 Å². The molecule has 110 valence electrons. The van der Waals surface area contributed by atoms with Crippen molar-refractivity contribution in [1.82, 2.24) is 0 Å². The average molecular weight is 294 g/mol. The lowest BCUT2D eigenvalue weighted by atomic mass is 9.87. The summed E-state index contributed by atoms with van der Waals surface area (Å²) in [5.41, 5.74) is 1.28. The molecule has 2 rings (SSSR count). The number of rotatable bonds is 4. The van der Waals surface area contributed by atoms with Crippen molar-refractivity contribution in [2.45, 2.75) is 37.5 Å². The van der Waals surface area contributed by atoms with Crippen LogP contribution >= 0.6 is 0 Å². The molecular formula is C16H22O3S. The van der Waals surface area contributed by atoms with Crippen LogP contribution < -0.4 is 0 Å². The Morgan fingerprint density at radius 1 is 1.30 bits per heavy atom. The van der Waals surface area contributed by atoms with Crippen LogP contribution in [0.1, 0.15) is 32.8 Å². The number of ether oxygens (including phenoxy) is 1. The minimum absolute atomic E-state index is 0.0562. The first-order valence-corrected chi connectivity index (χ1v) is 8.29. The summed E-state index contributed by atoms with van der Waals surface area (Å²) >= 11 is 0. The molecule has 4 heteroatoms. The van der Waals surface area contributed by atoms with E-state index in [1.807, 2.05) is 24.3 Å². The summed E-state index contributed by atoms with van der Waals surface area (Å²) in [6.45, 7) is 7.55. The Balaban J connectivity index is 2.00. The van der Waals surface area contributed by atoms with Crippen molar-refractivity contribution < 1.29 is 13.7 Å². The quantitative estimate of drug-likeness (QED) is 0.857. The van der Waals surface area contributed by atoms with Gasteiger partial charge in [0.1, 0.15) is 0 Å². The van der Waals surface area contributed by atoms with Crippen LogP contribution in [-0.2, 0) is 25.7 Å². The molecule has 2 unspecified atom stereocenters. The Hall–Kier alpha value is -1.00. The summed E-state index contributed by atoms with van der Waals surface area (Å²) in [6, 6.07) is 7.73. The Morgan fingerprint density at radius 2 is 1.95 bits per heavy atom. The molecule has 1 aromatic carbocycles. The SMILES string of the molecule is CC(C)(C)c1ccc(S(=O)CC(=O)C2CCOC2)cc1. The van der Waals surface area contributed by atoms with Gasteiger partial charge in [0.15, 0.2) is 5.78 Å². The predicted molar refractivity (Wildman–Crippen MR) is 80.4 cm³/mol. The van der Waals surface area contributed by atoms with Gasteiger partial charge < -0.3 is 4.74 Å². The van der Waals surface area contributed by atoms with Gasteiger partial charge >= 0.3 is 0 Å². The number of carbonyl (C=O) groups excluding carboxylic acids is 1. The smallest absolute Gasteiger partial charge is 0.151 e. The van der Waals surface area contributed by atoms with Crippen molar-refractivity contribution in [2.24, 2.45) is 5.92 Å². The molecule has 0 bridgehead atoms. The van der Waals surface area contributed by atoms with Gasteiger partial charge in [-0.05, 0) is 29.5 Å². The van der Waals surface area contributed by atoms with Gasteiger partial charge in [-0.25, -0.2) is 0 Å². The fourth-order valence-corrected chi connectivity index (χ4v) is 3.33. The number of carbonyl (C=O) groups is 1. The van der Waals surface area contributed by atoms with Crippen LogP contribution in [0.3, 0.4) is 0 Å². The van der Waals surface area contributed by atoms with Gasteiger partial charge in [0, 0.05) is 17.4 Å². The molecule has 1 aliphatic rings. The first-order chi connectivity index (χ1) is 9.38.